The summed E-state index contributed by atoms with van der Waals surface area (Å²) in [7, 11) is 0. The highest BCUT2D eigenvalue weighted by atomic mass is 127. The normalized spacial score (nSPS) is 16.1. The summed E-state index contributed by atoms with van der Waals surface area (Å²) in [6, 6.07) is 2.14. The zero-order valence-corrected chi connectivity index (χ0v) is 10.8. The topological polar surface area (TPSA) is 24.7 Å². The Kier molecular flexibility index (Phi) is 2.35. The molecule has 1 aliphatic rings. The summed E-state index contributed by atoms with van der Waals surface area (Å²) < 4.78 is 9.04. The Hall–Kier alpha value is -0.100. The van der Waals surface area contributed by atoms with Crippen LogP contribution in [0.2, 0.25) is 0 Å². The molecule has 1 aromatic rings. The lowest BCUT2D eigenvalue weighted by Gasteiger charge is -2.21. The number of hydrogen-bond donors (Lipinski definition) is 0. The quantitative estimate of drug-likeness (QED) is 0.639. The lowest BCUT2D eigenvalue weighted by Crippen LogP contribution is -2.20. The van der Waals surface area contributed by atoms with Crippen molar-refractivity contribution in [1.82, 2.24) is 0 Å². The second kappa shape index (κ2) is 3.24. The van der Waals surface area contributed by atoms with Crippen LogP contribution in [0.3, 0.4) is 0 Å². The molecule has 0 bridgehead atoms. The first kappa shape index (κ1) is 9.45. The Labute approximate surface area is 92.6 Å². The van der Waals surface area contributed by atoms with Crippen LogP contribution in [-0.4, -0.2) is 5.71 Å². The molecular weight excluding hydrogens is 295 g/mol. The molecule has 0 N–H and O–H groups in total. The Morgan fingerprint density at radius 2 is 2.15 bits per heavy atom. The van der Waals surface area contributed by atoms with Crippen LogP contribution in [0, 0.1) is 5.41 Å². The molecule has 2 heterocycles. The van der Waals surface area contributed by atoms with Gasteiger partial charge in [0.25, 0.3) is 0 Å². The monoisotopic (exact) mass is 306 g/mol. The van der Waals surface area contributed by atoms with Crippen molar-refractivity contribution in [3.05, 3.63) is 17.0 Å². The number of halogens is 1. The molecule has 4 heteroatoms. The molecule has 1 aromatic heterocycles. The fourth-order valence-corrected chi connectivity index (χ4v) is 4.19. The van der Waals surface area contributed by atoms with E-state index in [1.54, 1.807) is 11.3 Å². The summed E-state index contributed by atoms with van der Waals surface area (Å²) in [6.07, 6.45) is 0. The third-order valence-electron chi connectivity index (χ3n) is 1.85. The summed E-state index contributed by atoms with van der Waals surface area (Å²) in [6.45, 7) is 6.63. The largest absolute Gasteiger partial charge is 0.208 e. The highest BCUT2D eigenvalue weighted by Gasteiger charge is 2.25. The summed E-state index contributed by atoms with van der Waals surface area (Å²) >= 11 is 1.39. The van der Waals surface area contributed by atoms with Gasteiger partial charge in [-0.2, -0.15) is 3.15 Å². The molecule has 0 amide bonds. The van der Waals surface area contributed by atoms with E-state index in [1.807, 2.05) is 0 Å². The van der Waals surface area contributed by atoms with Crippen molar-refractivity contribution in [2.45, 2.75) is 20.8 Å². The van der Waals surface area contributed by atoms with Crippen molar-refractivity contribution in [2.24, 2.45) is 11.8 Å². The lowest BCUT2D eigenvalue weighted by molar-refractivity contribution is 0.594. The standard InChI is InChI=1S/C9H11IN2S/c1-9(2,3)7-6-4-5-13-8(6)12-10-11-7/h4-5H,1-3H3. The Morgan fingerprint density at radius 1 is 1.38 bits per heavy atom. The summed E-state index contributed by atoms with van der Waals surface area (Å²) in [5.41, 5.74) is 2.65. The maximum Gasteiger partial charge on any atom is 0.144 e. The first-order chi connectivity index (χ1) is 6.09. The molecule has 0 aromatic carbocycles. The second-order valence-corrected chi connectivity index (χ2v) is 6.27. The molecule has 70 valence electrons. The molecule has 2 rings (SSSR count). The molecule has 0 aliphatic carbocycles. The van der Waals surface area contributed by atoms with Gasteiger partial charge in [-0.3, -0.25) is 0 Å². The highest BCUT2D eigenvalue weighted by Crippen LogP contribution is 2.39. The van der Waals surface area contributed by atoms with Gasteiger partial charge in [0.15, 0.2) is 0 Å². The van der Waals surface area contributed by atoms with E-state index >= 15 is 0 Å². The third kappa shape index (κ3) is 1.74. The first-order valence-electron chi connectivity index (χ1n) is 4.10. The minimum absolute atomic E-state index is 0.158. The van der Waals surface area contributed by atoms with Crippen LogP contribution < -0.4 is 0 Å². The number of hydrogen-bond acceptors (Lipinski definition) is 3. The molecule has 0 unspecified atom stereocenters. The molecule has 1 aliphatic heterocycles. The van der Waals surface area contributed by atoms with Gasteiger partial charge >= 0.3 is 0 Å². The Bertz CT molecular complexity index is 385. The van der Waals surface area contributed by atoms with E-state index in [-0.39, 0.29) is 26.7 Å². The van der Waals surface area contributed by atoms with Crippen molar-refractivity contribution in [3.8, 4) is 0 Å². The van der Waals surface area contributed by atoms with Gasteiger partial charge in [-0.25, -0.2) is 3.21 Å². The van der Waals surface area contributed by atoms with Crippen LogP contribution in [0.25, 0.3) is 0 Å². The Balaban J connectivity index is 2.54. The lowest BCUT2D eigenvalue weighted by atomic mass is 9.86. The van der Waals surface area contributed by atoms with Gasteiger partial charge in [0, 0.05) is 11.0 Å². The van der Waals surface area contributed by atoms with E-state index in [9.17, 15) is 0 Å². The van der Waals surface area contributed by atoms with E-state index < -0.39 is 0 Å². The SMILES string of the molecule is CC(C)(C)C1=NI=Nc2sccc21. The van der Waals surface area contributed by atoms with Gasteiger partial charge in [0.05, 0.1) is 5.71 Å². The number of rotatable bonds is 0. The van der Waals surface area contributed by atoms with Gasteiger partial charge in [0.1, 0.15) is 26.3 Å². The van der Waals surface area contributed by atoms with Crippen molar-refractivity contribution in [3.63, 3.8) is 0 Å². The third-order valence-corrected chi connectivity index (χ3v) is 4.38. The van der Waals surface area contributed by atoms with Gasteiger partial charge in [0.2, 0.25) is 0 Å². The van der Waals surface area contributed by atoms with Crippen LogP contribution in [0.4, 0.5) is 5.00 Å². The highest BCUT2D eigenvalue weighted by molar-refractivity contribution is 14.1. The summed E-state index contributed by atoms with van der Waals surface area (Å²) in [5, 5.41) is 3.29. The fourth-order valence-electron chi connectivity index (χ4n) is 1.21. The van der Waals surface area contributed by atoms with E-state index in [4.69, 9.17) is 0 Å². The average molecular weight is 306 g/mol. The van der Waals surface area contributed by atoms with Gasteiger partial charge in [-0.1, -0.05) is 20.8 Å². The van der Waals surface area contributed by atoms with Crippen LogP contribution in [0.15, 0.2) is 17.8 Å². The minimum atomic E-state index is -0.331. The van der Waals surface area contributed by atoms with E-state index in [2.05, 4.69) is 38.6 Å². The molecular formula is C9H11IN2S. The molecule has 0 fully saturated rings. The van der Waals surface area contributed by atoms with Crippen molar-refractivity contribution in [1.29, 1.82) is 0 Å². The molecule has 0 radical (unpaired) electrons. The van der Waals surface area contributed by atoms with Gasteiger partial charge < -0.3 is 0 Å². The predicted molar refractivity (Wildman–Crippen MR) is 66.4 cm³/mol. The van der Waals surface area contributed by atoms with Crippen molar-refractivity contribution >= 4 is 43.4 Å². The van der Waals surface area contributed by atoms with Gasteiger partial charge in [-0.15, -0.1) is 11.3 Å². The van der Waals surface area contributed by atoms with Crippen molar-refractivity contribution < 1.29 is 0 Å². The minimum Gasteiger partial charge on any atom is -0.208 e. The number of thiophene rings is 1. The van der Waals surface area contributed by atoms with E-state index in [1.165, 1.54) is 16.3 Å². The van der Waals surface area contributed by atoms with Crippen LogP contribution >= 0.6 is 32.6 Å². The van der Waals surface area contributed by atoms with Gasteiger partial charge in [-0.05, 0) is 11.4 Å². The zero-order chi connectivity index (χ0) is 9.47. The molecule has 13 heavy (non-hydrogen) atoms. The second-order valence-electron chi connectivity index (χ2n) is 3.98. The predicted octanol–water partition coefficient (Wildman–Crippen LogP) is 4.30. The smallest absolute Gasteiger partial charge is 0.144 e. The van der Waals surface area contributed by atoms with Crippen LogP contribution in [0.1, 0.15) is 26.3 Å². The van der Waals surface area contributed by atoms with E-state index in [0.29, 0.717) is 0 Å². The fraction of sp³-hybridized carbons (Fsp3) is 0.444. The maximum absolute atomic E-state index is 4.58. The summed E-state index contributed by atoms with van der Waals surface area (Å²) in [5.74, 6) is 0. The average Bonchev–Trinajstić information content (AvgIpc) is 2.48. The van der Waals surface area contributed by atoms with Crippen molar-refractivity contribution in [2.75, 3.05) is 0 Å². The first-order valence-corrected chi connectivity index (χ1v) is 6.91. The molecule has 2 nitrogen and oxygen atoms in total. The van der Waals surface area contributed by atoms with Crippen LogP contribution in [0.5, 0.6) is 0 Å². The summed E-state index contributed by atoms with van der Waals surface area (Å²) in [4.78, 5) is 0. The van der Waals surface area contributed by atoms with E-state index in [0.717, 1.165) is 0 Å². The Morgan fingerprint density at radius 3 is 2.85 bits per heavy atom. The number of fused-ring (bicyclic) bond motifs is 1. The zero-order valence-electron chi connectivity index (χ0n) is 7.84. The molecule has 0 saturated heterocycles. The van der Waals surface area contributed by atoms with Crippen LogP contribution in [-0.2, 0) is 0 Å². The maximum atomic E-state index is 4.58. The molecule has 0 saturated carbocycles. The number of nitrogens with zero attached hydrogens (tertiary/aromatic N) is 2. The molecule has 0 spiro atoms. The molecule has 0 atom stereocenters.